The van der Waals surface area contributed by atoms with Crippen LogP contribution in [-0.4, -0.2) is 30.1 Å². The molecule has 4 heteroatoms. The monoisotopic (exact) mass is 273 g/mol. The van der Waals surface area contributed by atoms with Crippen molar-refractivity contribution in [1.29, 1.82) is 0 Å². The number of carbonyl (C=O) groups is 1. The van der Waals surface area contributed by atoms with Crippen LogP contribution in [0.2, 0.25) is 0 Å². The number of rotatable bonds is 3. The summed E-state index contributed by atoms with van der Waals surface area (Å²) in [5.74, 6) is 2.18. The van der Waals surface area contributed by atoms with Gasteiger partial charge in [0, 0.05) is 49.0 Å². The highest BCUT2D eigenvalue weighted by molar-refractivity contribution is 5.74. The van der Waals surface area contributed by atoms with Crippen LogP contribution in [0.25, 0.3) is 0 Å². The van der Waals surface area contributed by atoms with Crippen LogP contribution in [0.3, 0.4) is 0 Å². The molecule has 2 heterocycles. The molecule has 0 bridgehead atoms. The van der Waals surface area contributed by atoms with Crippen molar-refractivity contribution in [2.75, 3.05) is 13.2 Å². The zero-order chi connectivity index (χ0) is 13.7. The van der Waals surface area contributed by atoms with E-state index in [1.165, 1.54) is 16.7 Å². The highest BCUT2D eigenvalue weighted by Crippen LogP contribution is 2.42. The van der Waals surface area contributed by atoms with E-state index in [9.17, 15) is 4.79 Å². The second-order valence-corrected chi connectivity index (χ2v) is 5.90. The molecule has 106 valence electrons. The summed E-state index contributed by atoms with van der Waals surface area (Å²) in [5, 5.41) is 0. The molecule has 1 saturated carbocycles. The van der Waals surface area contributed by atoms with Gasteiger partial charge in [-0.2, -0.15) is 0 Å². The molecule has 4 rings (SSSR count). The van der Waals surface area contributed by atoms with Crippen molar-refractivity contribution >= 4 is 5.91 Å². The molecule has 1 fully saturated rings. The number of amides is 1. The molecular weight excluding hydrogens is 254 g/mol. The Labute approximate surface area is 118 Å². The minimum Gasteiger partial charge on any atom is -0.493 e. The van der Waals surface area contributed by atoms with Gasteiger partial charge in [-0.25, -0.2) is 0 Å². The van der Waals surface area contributed by atoms with Gasteiger partial charge in [0.15, 0.2) is 0 Å². The Morgan fingerprint density at radius 1 is 1.30 bits per heavy atom. The van der Waals surface area contributed by atoms with Gasteiger partial charge in [-0.05, 0) is 18.9 Å². The third-order valence-electron chi connectivity index (χ3n) is 4.48. The van der Waals surface area contributed by atoms with Crippen LogP contribution in [0.1, 0.15) is 36.5 Å². The fraction of sp³-hybridized carbons (Fsp3) is 0.562. The zero-order valence-electron chi connectivity index (χ0n) is 11.8. The third kappa shape index (κ3) is 1.86. The summed E-state index contributed by atoms with van der Waals surface area (Å²) in [7, 11) is 0. The van der Waals surface area contributed by atoms with Crippen molar-refractivity contribution in [2.45, 2.75) is 45.2 Å². The second kappa shape index (κ2) is 4.40. The topological polar surface area (TPSA) is 38.8 Å². The highest BCUT2D eigenvalue weighted by atomic mass is 16.5. The van der Waals surface area contributed by atoms with E-state index in [0.717, 1.165) is 50.4 Å². The van der Waals surface area contributed by atoms with Crippen LogP contribution >= 0.6 is 0 Å². The maximum absolute atomic E-state index is 11.9. The summed E-state index contributed by atoms with van der Waals surface area (Å²) in [4.78, 5) is 13.9. The van der Waals surface area contributed by atoms with E-state index >= 15 is 0 Å². The molecule has 0 atom stereocenters. The lowest BCUT2D eigenvalue weighted by Gasteiger charge is -2.23. The predicted molar refractivity (Wildman–Crippen MR) is 74.1 cm³/mol. The van der Waals surface area contributed by atoms with E-state index < -0.39 is 0 Å². The van der Waals surface area contributed by atoms with E-state index in [1.54, 1.807) is 6.92 Å². The molecular formula is C16H19NO3. The normalized spacial score (nSPS) is 19.1. The third-order valence-corrected chi connectivity index (χ3v) is 4.48. The Kier molecular flexibility index (Phi) is 2.65. The fourth-order valence-electron chi connectivity index (χ4n) is 3.31. The van der Waals surface area contributed by atoms with Crippen LogP contribution in [0, 0.1) is 0 Å². The summed E-state index contributed by atoms with van der Waals surface area (Å²) in [6, 6.07) is 2.56. The number of hydrogen-bond donors (Lipinski definition) is 0. The van der Waals surface area contributed by atoms with E-state index in [-0.39, 0.29) is 5.91 Å². The molecule has 20 heavy (non-hydrogen) atoms. The van der Waals surface area contributed by atoms with Crippen LogP contribution in [0.4, 0.5) is 0 Å². The minimum absolute atomic E-state index is 0.163. The summed E-state index contributed by atoms with van der Waals surface area (Å²) >= 11 is 0. The quantitative estimate of drug-likeness (QED) is 0.846. The van der Waals surface area contributed by atoms with Gasteiger partial charge < -0.3 is 14.4 Å². The number of hydrogen-bond acceptors (Lipinski definition) is 3. The average Bonchev–Trinajstić information content (AvgIpc) is 2.96. The van der Waals surface area contributed by atoms with Crippen molar-refractivity contribution < 1.29 is 14.3 Å². The van der Waals surface area contributed by atoms with Crippen molar-refractivity contribution in [3.63, 3.8) is 0 Å². The molecule has 1 aliphatic carbocycles. The molecule has 1 aromatic carbocycles. The average molecular weight is 273 g/mol. The number of benzene rings is 1. The van der Waals surface area contributed by atoms with Crippen molar-refractivity contribution in [2.24, 2.45) is 0 Å². The molecule has 0 saturated heterocycles. The Balaban J connectivity index is 1.75. The molecule has 1 aromatic rings. The maximum atomic E-state index is 11.9. The molecule has 0 aromatic heterocycles. The molecule has 0 spiro atoms. The Bertz CT molecular complexity index is 545. The number of ether oxygens (including phenoxy) is 2. The van der Waals surface area contributed by atoms with Crippen molar-refractivity contribution in [1.82, 2.24) is 4.90 Å². The van der Waals surface area contributed by atoms with E-state index in [0.29, 0.717) is 12.6 Å². The van der Waals surface area contributed by atoms with Gasteiger partial charge >= 0.3 is 0 Å². The molecule has 2 aliphatic heterocycles. The Morgan fingerprint density at radius 2 is 2.10 bits per heavy atom. The number of nitrogens with zero attached hydrogens (tertiary/aromatic N) is 1. The van der Waals surface area contributed by atoms with Gasteiger partial charge in [-0.3, -0.25) is 4.79 Å². The summed E-state index contributed by atoms with van der Waals surface area (Å²) in [5.41, 5.74) is 3.67. The van der Waals surface area contributed by atoms with E-state index in [2.05, 4.69) is 6.07 Å². The number of fused-ring (bicyclic) bond motifs is 2. The Morgan fingerprint density at radius 3 is 2.85 bits per heavy atom. The van der Waals surface area contributed by atoms with Gasteiger partial charge in [0.25, 0.3) is 0 Å². The second-order valence-electron chi connectivity index (χ2n) is 5.90. The maximum Gasteiger partial charge on any atom is 0.219 e. The lowest BCUT2D eigenvalue weighted by molar-refractivity contribution is -0.130. The first-order valence-electron chi connectivity index (χ1n) is 7.44. The first-order chi connectivity index (χ1) is 9.74. The molecule has 3 aliphatic rings. The lowest BCUT2D eigenvalue weighted by Crippen LogP contribution is -2.30. The van der Waals surface area contributed by atoms with Gasteiger partial charge in [-0.15, -0.1) is 0 Å². The molecule has 0 unspecified atom stereocenters. The fourth-order valence-corrected chi connectivity index (χ4v) is 3.31. The molecule has 1 amide bonds. The minimum atomic E-state index is 0.163. The molecule has 4 nitrogen and oxygen atoms in total. The summed E-state index contributed by atoms with van der Waals surface area (Å²) < 4.78 is 11.6. The SMILES string of the molecule is CC(=O)N(Cc1c2c(cc3c1OCC3)OCC2)C1CC1. The van der Waals surface area contributed by atoms with Crippen molar-refractivity contribution in [3.05, 3.63) is 22.8 Å². The summed E-state index contributed by atoms with van der Waals surface area (Å²) in [6.07, 6.45) is 4.14. The lowest BCUT2D eigenvalue weighted by atomic mass is 9.99. The Hall–Kier alpha value is -1.71. The molecule has 0 N–H and O–H groups in total. The largest absolute Gasteiger partial charge is 0.493 e. The van der Waals surface area contributed by atoms with Gasteiger partial charge in [0.1, 0.15) is 11.5 Å². The highest BCUT2D eigenvalue weighted by Gasteiger charge is 2.34. The summed E-state index contributed by atoms with van der Waals surface area (Å²) in [6.45, 7) is 3.83. The number of carbonyl (C=O) groups excluding carboxylic acids is 1. The van der Waals surface area contributed by atoms with Crippen LogP contribution in [0.15, 0.2) is 6.07 Å². The first-order valence-corrected chi connectivity index (χ1v) is 7.44. The smallest absolute Gasteiger partial charge is 0.219 e. The van der Waals surface area contributed by atoms with Crippen LogP contribution < -0.4 is 9.47 Å². The predicted octanol–water partition coefficient (Wildman–Crippen LogP) is 2.07. The molecule has 0 radical (unpaired) electrons. The first kappa shape index (κ1) is 12.1. The van der Waals surface area contributed by atoms with E-state index in [1.807, 2.05) is 4.90 Å². The standard InChI is InChI=1S/C16H19NO3/c1-10(18)17(12-2-3-12)9-14-13-5-7-19-15(13)8-11-4-6-20-16(11)14/h8,12H,2-7,9H2,1H3. The van der Waals surface area contributed by atoms with Gasteiger partial charge in [0.2, 0.25) is 5.91 Å². The zero-order valence-corrected chi connectivity index (χ0v) is 11.8. The van der Waals surface area contributed by atoms with Crippen molar-refractivity contribution in [3.8, 4) is 11.5 Å². The van der Waals surface area contributed by atoms with Crippen LogP contribution in [-0.2, 0) is 24.2 Å². The van der Waals surface area contributed by atoms with Gasteiger partial charge in [-0.1, -0.05) is 0 Å². The van der Waals surface area contributed by atoms with E-state index in [4.69, 9.17) is 9.47 Å². The van der Waals surface area contributed by atoms with Gasteiger partial charge in [0.05, 0.1) is 13.2 Å². The van der Waals surface area contributed by atoms with Crippen LogP contribution in [0.5, 0.6) is 11.5 Å².